The first-order chi connectivity index (χ1) is 7.88. The molecular formula is C12H16N4O. The number of pyridine rings is 1. The Kier molecular flexibility index (Phi) is 2.71. The van der Waals surface area contributed by atoms with Crippen molar-refractivity contribution in [2.75, 3.05) is 0 Å². The number of rotatable bonds is 2. The average molecular weight is 232 g/mol. The lowest BCUT2D eigenvalue weighted by Gasteiger charge is -2.11. The first-order valence-corrected chi connectivity index (χ1v) is 5.45. The molecule has 0 atom stereocenters. The van der Waals surface area contributed by atoms with Crippen LogP contribution in [0, 0.1) is 13.8 Å². The first-order valence-electron chi connectivity index (χ1n) is 5.45. The minimum Gasteiger partial charge on any atom is -0.334 e. The summed E-state index contributed by atoms with van der Waals surface area (Å²) in [5, 5.41) is 3.89. The SMILES string of the molecule is Cc1ccc(-c2nc(C(C)(C)N)no2)c(C)n1. The number of hydrogen-bond donors (Lipinski definition) is 1. The largest absolute Gasteiger partial charge is 0.334 e. The van der Waals surface area contributed by atoms with E-state index in [2.05, 4.69) is 15.1 Å². The van der Waals surface area contributed by atoms with Gasteiger partial charge in [0.1, 0.15) is 0 Å². The Hall–Kier alpha value is -1.75. The molecule has 5 nitrogen and oxygen atoms in total. The molecule has 90 valence electrons. The molecule has 0 saturated carbocycles. The Balaban J connectivity index is 2.44. The molecule has 17 heavy (non-hydrogen) atoms. The van der Waals surface area contributed by atoms with E-state index in [4.69, 9.17) is 10.3 Å². The predicted molar refractivity (Wildman–Crippen MR) is 64.2 cm³/mol. The average Bonchev–Trinajstić information content (AvgIpc) is 2.65. The molecule has 5 heteroatoms. The van der Waals surface area contributed by atoms with Crippen LogP contribution in [0.3, 0.4) is 0 Å². The van der Waals surface area contributed by atoms with Crippen LogP contribution in [0.2, 0.25) is 0 Å². The standard InChI is InChI=1S/C12H16N4O/c1-7-5-6-9(8(2)14-7)10-15-11(16-17-10)12(3,4)13/h5-6H,13H2,1-4H3. The van der Waals surface area contributed by atoms with E-state index in [-0.39, 0.29) is 0 Å². The first kappa shape index (κ1) is 11.7. The van der Waals surface area contributed by atoms with E-state index in [1.165, 1.54) is 0 Å². The molecule has 0 aromatic carbocycles. The smallest absolute Gasteiger partial charge is 0.259 e. The van der Waals surface area contributed by atoms with Crippen LogP contribution in [-0.4, -0.2) is 15.1 Å². The van der Waals surface area contributed by atoms with Gasteiger partial charge in [0.05, 0.1) is 16.8 Å². The van der Waals surface area contributed by atoms with E-state index in [1.54, 1.807) is 0 Å². The van der Waals surface area contributed by atoms with E-state index >= 15 is 0 Å². The second kappa shape index (κ2) is 3.92. The van der Waals surface area contributed by atoms with Crippen LogP contribution >= 0.6 is 0 Å². The van der Waals surface area contributed by atoms with Gasteiger partial charge < -0.3 is 10.3 Å². The molecule has 0 aliphatic carbocycles. The molecule has 2 aromatic rings. The van der Waals surface area contributed by atoms with Gasteiger partial charge in [0.15, 0.2) is 5.82 Å². The minimum absolute atomic E-state index is 0.462. The number of hydrogen-bond acceptors (Lipinski definition) is 5. The van der Waals surface area contributed by atoms with Crippen LogP contribution in [0.5, 0.6) is 0 Å². The number of aromatic nitrogens is 3. The Morgan fingerprint density at radius 2 is 1.88 bits per heavy atom. The van der Waals surface area contributed by atoms with E-state index in [9.17, 15) is 0 Å². The molecule has 0 spiro atoms. The zero-order chi connectivity index (χ0) is 12.6. The van der Waals surface area contributed by atoms with Crippen LogP contribution in [0.1, 0.15) is 31.1 Å². The number of nitrogens with zero attached hydrogens (tertiary/aromatic N) is 3. The molecule has 2 aromatic heterocycles. The summed E-state index contributed by atoms with van der Waals surface area (Å²) in [6, 6.07) is 3.85. The lowest BCUT2D eigenvalue weighted by molar-refractivity contribution is 0.397. The lowest BCUT2D eigenvalue weighted by atomic mass is 10.1. The minimum atomic E-state index is -0.603. The summed E-state index contributed by atoms with van der Waals surface area (Å²) in [5.41, 5.74) is 7.99. The van der Waals surface area contributed by atoms with Gasteiger partial charge in [0.25, 0.3) is 5.89 Å². The third-order valence-electron chi connectivity index (χ3n) is 2.46. The van der Waals surface area contributed by atoms with Crippen LogP contribution in [0.4, 0.5) is 0 Å². The summed E-state index contributed by atoms with van der Waals surface area (Å²) in [6.45, 7) is 7.53. The van der Waals surface area contributed by atoms with E-state index in [0.717, 1.165) is 17.0 Å². The van der Waals surface area contributed by atoms with Gasteiger partial charge in [0.2, 0.25) is 0 Å². The molecule has 2 heterocycles. The van der Waals surface area contributed by atoms with Crippen molar-refractivity contribution in [1.82, 2.24) is 15.1 Å². The molecule has 0 aliphatic heterocycles. The van der Waals surface area contributed by atoms with Gasteiger partial charge in [-0.3, -0.25) is 4.98 Å². The van der Waals surface area contributed by atoms with Crippen LogP contribution in [0.25, 0.3) is 11.5 Å². The summed E-state index contributed by atoms with van der Waals surface area (Å²) in [5.74, 6) is 0.955. The van der Waals surface area contributed by atoms with Crippen molar-refractivity contribution in [3.8, 4) is 11.5 Å². The maximum Gasteiger partial charge on any atom is 0.259 e. The summed E-state index contributed by atoms with van der Waals surface area (Å²) >= 11 is 0. The summed E-state index contributed by atoms with van der Waals surface area (Å²) < 4.78 is 5.22. The highest BCUT2D eigenvalue weighted by Crippen LogP contribution is 2.23. The molecule has 2 rings (SSSR count). The Bertz CT molecular complexity index is 540. The Morgan fingerprint density at radius 3 is 2.41 bits per heavy atom. The fraction of sp³-hybridized carbons (Fsp3) is 0.417. The van der Waals surface area contributed by atoms with E-state index in [0.29, 0.717) is 11.7 Å². The van der Waals surface area contributed by atoms with Crippen LogP contribution in [-0.2, 0) is 5.54 Å². The molecule has 0 bridgehead atoms. The van der Waals surface area contributed by atoms with Crippen molar-refractivity contribution in [2.45, 2.75) is 33.2 Å². The van der Waals surface area contributed by atoms with Gasteiger partial charge in [-0.15, -0.1) is 0 Å². The molecule has 0 fully saturated rings. The summed E-state index contributed by atoms with van der Waals surface area (Å²) in [7, 11) is 0. The van der Waals surface area contributed by atoms with Crippen molar-refractivity contribution < 1.29 is 4.52 Å². The van der Waals surface area contributed by atoms with Crippen molar-refractivity contribution in [1.29, 1.82) is 0 Å². The van der Waals surface area contributed by atoms with E-state index in [1.807, 2.05) is 39.8 Å². The fourth-order valence-corrected chi connectivity index (χ4v) is 1.51. The molecule has 0 radical (unpaired) electrons. The maximum absolute atomic E-state index is 5.91. The molecular weight excluding hydrogens is 216 g/mol. The molecule has 0 aliphatic rings. The van der Waals surface area contributed by atoms with Gasteiger partial charge in [-0.2, -0.15) is 4.98 Å². The van der Waals surface area contributed by atoms with Crippen LogP contribution in [0.15, 0.2) is 16.7 Å². The van der Waals surface area contributed by atoms with Gasteiger partial charge >= 0.3 is 0 Å². The van der Waals surface area contributed by atoms with Crippen molar-refractivity contribution >= 4 is 0 Å². The zero-order valence-corrected chi connectivity index (χ0v) is 10.5. The number of aryl methyl sites for hydroxylation is 2. The summed E-state index contributed by atoms with van der Waals surface area (Å²) in [6.07, 6.45) is 0. The van der Waals surface area contributed by atoms with E-state index < -0.39 is 5.54 Å². The Morgan fingerprint density at radius 1 is 1.18 bits per heavy atom. The molecule has 0 saturated heterocycles. The molecule has 0 unspecified atom stereocenters. The second-order valence-corrected chi connectivity index (χ2v) is 4.73. The lowest BCUT2D eigenvalue weighted by Crippen LogP contribution is -2.30. The molecule has 0 amide bonds. The van der Waals surface area contributed by atoms with Gasteiger partial charge in [-0.1, -0.05) is 5.16 Å². The predicted octanol–water partition coefficient (Wildman–Crippen LogP) is 1.94. The molecule has 2 N–H and O–H groups in total. The van der Waals surface area contributed by atoms with Crippen molar-refractivity contribution in [3.05, 3.63) is 29.3 Å². The third-order valence-corrected chi connectivity index (χ3v) is 2.46. The van der Waals surface area contributed by atoms with Crippen LogP contribution < -0.4 is 5.73 Å². The topological polar surface area (TPSA) is 77.8 Å². The quantitative estimate of drug-likeness (QED) is 0.856. The van der Waals surface area contributed by atoms with Gasteiger partial charge in [-0.05, 0) is 39.8 Å². The fourth-order valence-electron chi connectivity index (χ4n) is 1.51. The summed E-state index contributed by atoms with van der Waals surface area (Å²) in [4.78, 5) is 8.66. The normalized spacial score (nSPS) is 11.8. The highest BCUT2D eigenvalue weighted by Gasteiger charge is 2.22. The second-order valence-electron chi connectivity index (χ2n) is 4.73. The Labute approximate surface area is 100 Å². The van der Waals surface area contributed by atoms with Gasteiger partial charge in [0, 0.05) is 5.69 Å². The highest BCUT2D eigenvalue weighted by atomic mass is 16.5. The van der Waals surface area contributed by atoms with Gasteiger partial charge in [-0.25, -0.2) is 0 Å². The maximum atomic E-state index is 5.91. The van der Waals surface area contributed by atoms with Crippen molar-refractivity contribution in [3.63, 3.8) is 0 Å². The third kappa shape index (κ3) is 2.34. The number of nitrogens with two attached hydrogens (primary N) is 1. The zero-order valence-electron chi connectivity index (χ0n) is 10.5. The highest BCUT2D eigenvalue weighted by molar-refractivity contribution is 5.56. The van der Waals surface area contributed by atoms with Crippen molar-refractivity contribution in [2.24, 2.45) is 5.73 Å². The monoisotopic (exact) mass is 232 g/mol.